The summed E-state index contributed by atoms with van der Waals surface area (Å²) < 4.78 is 2.75. The highest BCUT2D eigenvalue weighted by Crippen LogP contribution is 2.34. The van der Waals surface area contributed by atoms with Crippen molar-refractivity contribution in [3.63, 3.8) is 0 Å². The molecule has 3 heterocycles. The van der Waals surface area contributed by atoms with Gasteiger partial charge in [0.1, 0.15) is 16.2 Å². The molecule has 0 aliphatic carbocycles. The van der Waals surface area contributed by atoms with Gasteiger partial charge in [-0.15, -0.1) is 11.3 Å². The fraction of sp³-hybridized carbons (Fsp3) is 0.550. The van der Waals surface area contributed by atoms with Gasteiger partial charge < -0.3 is 20.1 Å². The van der Waals surface area contributed by atoms with Crippen molar-refractivity contribution >= 4 is 34.8 Å². The summed E-state index contributed by atoms with van der Waals surface area (Å²) in [4.78, 5) is 32.5. The number of fused-ring (bicyclic) bond motifs is 1. The lowest BCUT2D eigenvalue weighted by atomic mass is 9.86. The third kappa shape index (κ3) is 4.49. The molecule has 29 heavy (non-hydrogen) atoms. The van der Waals surface area contributed by atoms with Crippen LogP contribution in [0.4, 0.5) is 0 Å². The largest absolute Gasteiger partial charge is 0.357 e. The third-order valence-electron chi connectivity index (χ3n) is 5.14. The van der Waals surface area contributed by atoms with Gasteiger partial charge in [-0.25, -0.2) is 4.98 Å². The van der Waals surface area contributed by atoms with E-state index in [0.29, 0.717) is 22.4 Å². The first-order valence-corrected chi connectivity index (χ1v) is 10.9. The average Bonchev–Trinajstić information content (AvgIpc) is 3.16. The smallest absolute Gasteiger partial charge is 0.272 e. The van der Waals surface area contributed by atoms with Crippen molar-refractivity contribution in [2.45, 2.75) is 46.3 Å². The molecule has 9 heteroatoms. The second kappa shape index (κ2) is 8.45. The number of nitrogens with one attached hydrogen (secondary N) is 2. The summed E-state index contributed by atoms with van der Waals surface area (Å²) >= 11 is 7.82. The first-order chi connectivity index (χ1) is 13.6. The Morgan fingerprint density at radius 3 is 2.62 bits per heavy atom. The van der Waals surface area contributed by atoms with Gasteiger partial charge in [0, 0.05) is 25.7 Å². The molecule has 2 aromatic rings. The molecular formula is C20H28ClN5O2S. The Morgan fingerprint density at radius 1 is 1.31 bits per heavy atom. The topological polar surface area (TPSA) is 79.3 Å². The van der Waals surface area contributed by atoms with E-state index in [1.165, 1.54) is 11.3 Å². The van der Waals surface area contributed by atoms with Crippen molar-refractivity contribution in [3.8, 4) is 11.4 Å². The molecule has 0 saturated heterocycles. The lowest BCUT2D eigenvalue weighted by Gasteiger charge is -2.29. The molecule has 0 saturated carbocycles. The summed E-state index contributed by atoms with van der Waals surface area (Å²) in [6, 6.07) is 1.26. The predicted molar refractivity (Wildman–Crippen MR) is 116 cm³/mol. The van der Waals surface area contributed by atoms with Gasteiger partial charge in [0.2, 0.25) is 5.91 Å². The zero-order valence-corrected chi connectivity index (χ0v) is 19.1. The highest BCUT2D eigenvalue weighted by molar-refractivity contribution is 7.15. The van der Waals surface area contributed by atoms with E-state index < -0.39 is 11.5 Å². The maximum Gasteiger partial charge on any atom is 0.272 e. The summed E-state index contributed by atoms with van der Waals surface area (Å²) in [7, 11) is 3.60. The SMILES string of the molecule is CNC(=O)[C@@H](NC(=O)c1nc(-c2ccsc2Cl)n2c1CN(C)CCC2)C(C)(C)C. The van der Waals surface area contributed by atoms with Crippen LogP contribution in [0.1, 0.15) is 43.4 Å². The molecule has 0 bridgehead atoms. The summed E-state index contributed by atoms with van der Waals surface area (Å²) in [5.74, 6) is 0.137. The van der Waals surface area contributed by atoms with Crippen LogP contribution in [0.5, 0.6) is 0 Å². The number of hydrogen-bond donors (Lipinski definition) is 2. The molecule has 158 valence electrons. The van der Waals surface area contributed by atoms with E-state index in [-0.39, 0.29) is 11.8 Å². The maximum absolute atomic E-state index is 13.3. The van der Waals surface area contributed by atoms with Gasteiger partial charge in [0.05, 0.1) is 5.69 Å². The standard InChI is InChI=1S/C20H28ClN5O2S/c1-20(2,3)15(19(28)22-4)24-18(27)14-13-11-25(5)8-6-9-26(13)17(23-14)12-7-10-29-16(12)21/h7,10,15H,6,8-9,11H2,1-5H3,(H,22,28)(H,24,27)/t15-/m1/s1. The van der Waals surface area contributed by atoms with Crippen LogP contribution in [0.15, 0.2) is 11.4 Å². The monoisotopic (exact) mass is 437 g/mol. The maximum atomic E-state index is 13.3. The number of thiophene rings is 1. The van der Waals surface area contributed by atoms with Gasteiger partial charge in [0.25, 0.3) is 5.91 Å². The minimum absolute atomic E-state index is 0.227. The number of nitrogens with zero attached hydrogens (tertiary/aromatic N) is 3. The lowest BCUT2D eigenvalue weighted by molar-refractivity contribution is -0.124. The molecule has 2 aromatic heterocycles. The molecule has 0 spiro atoms. The van der Waals surface area contributed by atoms with Crippen molar-refractivity contribution in [2.75, 3.05) is 20.6 Å². The molecule has 0 unspecified atom stereocenters. The molecule has 1 aliphatic heterocycles. The molecule has 2 amide bonds. The first kappa shape index (κ1) is 21.8. The highest BCUT2D eigenvalue weighted by Gasteiger charge is 2.34. The molecule has 0 radical (unpaired) electrons. The van der Waals surface area contributed by atoms with Crippen molar-refractivity contribution in [3.05, 3.63) is 27.2 Å². The van der Waals surface area contributed by atoms with Crippen molar-refractivity contribution < 1.29 is 9.59 Å². The fourth-order valence-electron chi connectivity index (χ4n) is 3.58. The molecule has 1 aliphatic rings. The van der Waals surface area contributed by atoms with Crippen LogP contribution in [0.3, 0.4) is 0 Å². The third-order valence-corrected chi connectivity index (χ3v) is 6.31. The van der Waals surface area contributed by atoms with Crippen molar-refractivity contribution in [1.82, 2.24) is 25.1 Å². The van der Waals surface area contributed by atoms with Crippen LogP contribution in [0.2, 0.25) is 4.34 Å². The van der Waals surface area contributed by atoms with Gasteiger partial charge >= 0.3 is 0 Å². The van der Waals surface area contributed by atoms with Crippen LogP contribution in [0.25, 0.3) is 11.4 Å². The number of halogens is 1. The number of carbonyl (C=O) groups is 2. The van der Waals surface area contributed by atoms with Crippen LogP contribution >= 0.6 is 22.9 Å². The number of amides is 2. The number of hydrogen-bond acceptors (Lipinski definition) is 5. The van der Waals surface area contributed by atoms with Gasteiger partial charge in [-0.3, -0.25) is 9.59 Å². The van der Waals surface area contributed by atoms with E-state index in [0.717, 1.165) is 30.8 Å². The van der Waals surface area contributed by atoms with E-state index in [1.807, 2.05) is 39.3 Å². The number of aromatic nitrogens is 2. The van der Waals surface area contributed by atoms with Crippen LogP contribution in [-0.2, 0) is 17.9 Å². The Kier molecular flexibility index (Phi) is 6.36. The Hall–Kier alpha value is -1.90. The molecule has 2 N–H and O–H groups in total. The predicted octanol–water partition coefficient (Wildman–Crippen LogP) is 2.99. The molecule has 7 nitrogen and oxygen atoms in total. The molecule has 0 aromatic carbocycles. The Labute approximate surface area is 180 Å². The van der Waals surface area contributed by atoms with E-state index >= 15 is 0 Å². The van der Waals surface area contributed by atoms with Gasteiger partial charge in [-0.05, 0) is 36.9 Å². The molecule has 1 atom stereocenters. The summed E-state index contributed by atoms with van der Waals surface area (Å²) in [6.07, 6.45) is 0.957. The van der Waals surface area contributed by atoms with E-state index in [4.69, 9.17) is 16.6 Å². The van der Waals surface area contributed by atoms with Crippen LogP contribution < -0.4 is 10.6 Å². The zero-order chi connectivity index (χ0) is 21.3. The fourth-order valence-corrected chi connectivity index (χ4v) is 4.49. The minimum Gasteiger partial charge on any atom is -0.357 e. The molecule has 0 fully saturated rings. The highest BCUT2D eigenvalue weighted by atomic mass is 35.5. The Bertz CT molecular complexity index is 915. The summed E-state index contributed by atoms with van der Waals surface area (Å²) in [5.41, 5.74) is 1.60. The van der Waals surface area contributed by atoms with Crippen molar-refractivity contribution in [1.29, 1.82) is 0 Å². The quantitative estimate of drug-likeness (QED) is 0.770. The lowest BCUT2D eigenvalue weighted by Crippen LogP contribution is -2.53. The van der Waals surface area contributed by atoms with Gasteiger partial charge in [0.15, 0.2) is 5.69 Å². The zero-order valence-electron chi connectivity index (χ0n) is 17.5. The van der Waals surface area contributed by atoms with Crippen LogP contribution in [0, 0.1) is 5.41 Å². The summed E-state index contributed by atoms with van der Waals surface area (Å²) in [6.45, 7) is 8.07. The van der Waals surface area contributed by atoms with E-state index in [2.05, 4.69) is 20.1 Å². The van der Waals surface area contributed by atoms with Gasteiger partial charge in [-0.1, -0.05) is 32.4 Å². The second-order valence-corrected chi connectivity index (χ2v) is 9.99. The second-order valence-electron chi connectivity index (χ2n) is 8.47. The van der Waals surface area contributed by atoms with E-state index in [1.54, 1.807) is 7.05 Å². The average molecular weight is 438 g/mol. The first-order valence-electron chi connectivity index (χ1n) is 9.67. The van der Waals surface area contributed by atoms with Crippen LogP contribution in [-0.4, -0.2) is 52.9 Å². The number of carbonyl (C=O) groups excluding carboxylic acids is 2. The summed E-state index contributed by atoms with van der Waals surface area (Å²) in [5, 5.41) is 7.47. The van der Waals surface area contributed by atoms with Gasteiger partial charge in [-0.2, -0.15) is 0 Å². The molecule has 3 rings (SSSR count). The Morgan fingerprint density at radius 2 is 2.03 bits per heavy atom. The van der Waals surface area contributed by atoms with Crippen molar-refractivity contribution in [2.24, 2.45) is 5.41 Å². The minimum atomic E-state index is -0.672. The number of rotatable bonds is 4. The van der Waals surface area contributed by atoms with E-state index in [9.17, 15) is 9.59 Å². The number of imidazole rings is 1. The molecular weight excluding hydrogens is 410 g/mol. The normalized spacial score (nSPS) is 16.1. The number of likely N-dealkylation sites (N-methyl/N-ethyl adjacent to an activating group) is 1. The Balaban J connectivity index is 2.04.